The molecule has 3 atom stereocenters. The predicted molar refractivity (Wildman–Crippen MR) is 72.3 cm³/mol. The number of halogens is 1. The summed E-state index contributed by atoms with van der Waals surface area (Å²) in [6.45, 7) is 6.18. The summed E-state index contributed by atoms with van der Waals surface area (Å²) in [6.07, 6.45) is 7.20. The van der Waals surface area contributed by atoms with Crippen LogP contribution in [0.3, 0.4) is 0 Å². The van der Waals surface area contributed by atoms with E-state index in [9.17, 15) is 0 Å². The molecule has 2 aliphatic rings. The van der Waals surface area contributed by atoms with E-state index in [1.807, 2.05) is 0 Å². The lowest BCUT2D eigenvalue weighted by Crippen LogP contribution is -2.38. The fraction of sp³-hybridized carbons (Fsp3) is 1.00. The van der Waals surface area contributed by atoms with Crippen LogP contribution in [0.5, 0.6) is 0 Å². The van der Waals surface area contributed by atoms with Gasteiger partial charge in [-0.3, -0.25) is 0 Å². The molecule has 1 saturated carbocycles. The molecule has 2 rings (SSSR count). The highest BCUT2D eigenvalue weighted by molar-refractivity contribution is 5.85. The van der Waals surface area contributed by atoms with Crippen LogP contribution in [0, 0.1) is 11.8 Å². The Labute approximate surface area is 107 Å². The molecule has 1 heterocycles. The summed E-state index contributed by atoms with van der Waals surface area (Å²) in [5.41, 5.74) is 0. The molecule has 0 radical (unpaired) electrons. The summed E-state index contributed by atoms with van der Waals surface area (Å²) in [5.74, 6) is 1.94. The number of nitrogens with zero attached hydrogens (tertiary/aromatic N) is 1. The normalized spacial score (nSPS) is 35.1. The molecule has 16 heavy (non-hydrogen) atoms. The van der Waals surface area contributed by atoms with Crippen LogP contribution in [0.2, 0.25) is 0 Å². The third-order valence-corrected chi connectivity index (χ3v) is 4.25. The number of likely N-dealkylation sites (N-methyl/N-ethyl adjacent to an activating group) is 1. The molecular formula is C13H27ClN2. The van der Waals surface area contributed by atoms with Gasteiger partial charge < -0.3 is 10.2 Å². The molecule has 3 unspecified atom stereocenters. The molecule has 96 valence electrons. The van der Waals surface area contributed by atoms with Crippen LogP contribution >= 0.6 is 12.4 Å². The van der Waals surface area contributed by atoms with Gasteiger partial charge in [0.2, 0.25) is 0 Å². The third kappa shape index (κ3) is 3.90. The SMILES string of the molecule is CC1CCCC(CN(C)C2CCNC2)C1.Cl. The van der Waals surface area contributed by atoms with Crippen LogP contribution in [0.25, 0.3) is 0 Å². The maximum absolute atomic E-state index is 3.46. The molecule has 0 aromatic heterocycles. The molecule has 1 saturated heterocycles. The fourth-order valence-corrected chi connectivity index (χ4v) is 3.30. The second kappa shape index (κ2) is 6.83. The van der Waals surface area contributed by atoms with E-state index in [4.69, 9.17) is 0 Å². The van der Waals surface area contributed by atoms with Crippen LogP contribution in [-0.4, -0.2) is 37.6 Å². The minimum Gasteiger partial charge on any atom is -0.315 e. The minimum absolute atomic E-state index is 0. The molecule has 1 aliphatic carbocycles. The van der Waals surface area contributed by atoms with E-state index in [0.29, 0.717) is 0 Å². The van der Waals surface area contributed by atoms with E-state index in [1.165, 1.54) is 51.7 Å². The quantitative estimate of drug-likeness (QED) is 0.824. The Morgan fingerprint density at radius 3 is 2.69 bits per heavy atom. The number of hydrogen-bond acceptors (Lipinski definition) is 2. The van der Waals surface area contributed by atoms with Crippen molar-refractivity contribution in [3.05, 3.63) is 0 Å². The van der Waals surface area contributed by atoms with E-state index in [1.54, 1.807) is 0 Å². The second-order valence-corrected chi connectivity index (χ2v) is 5.72. The summed E-state index contributed by atoms with van der Waals surface area (Å²) in [6, 6.07) is 0.808. The maximum Gasteiger partial charge on any atom is 0.0229 e. The van der Waals surface area contributed by atoms with Gasteiger partial charge in [0.05, 0.1) is 0 Å². The van der Waals surface area contributed by atoms with E-state index < -0.39 is 0 Å². The molecular weight excluding hydrogens is 220 g/mol. The summed E-state index contributed by atoms with van der Waals surface area (Å²) in [5, 5.41) is 3.46. The molecule has 0 bridgehead atoms. The van der Waals surface area contributed by atoms with Gasteiger partial charge in [0.25, 0.3) is 0 Å². The largest absolute Gasteiger partial charge is 0.315 e. The van der Waals surface area contributed by atoms with Crippen molar-refractivity contribution in [2.75, 3.05) is 26.7 Å². The summed E-state index contributed by atoms with van der Waals surface area (Å²) >= 11 is 0. The Morgan fingerprint density at radius 1 is 1.25 bits per heavy atom. The minimum atomic E-state index is 0. The molecule has 2 fully saturated rings. The molecule has 0 spiro atoms. The maximum atomic E-state index is 3.46. The van der Waals surface area contributed by atoms with Gasteiger partial charge in [-0.2, -0.15) is 0 Å². The van der Waals surface area contributed by atoms with Crippen LogP contribution in [-0.2, 0) is 0 Å². The Balaban J connectivity index is 0.00000128. The smallest absolute Gasteiger partial charge is 0.0229 e. The van der Waals surface area contributed by atoms with Gasteiger partial charge in [0, 0.05) is 19.1 Å². The Morgan fingerprint density at radius 2 is 2.06 bits per heavy atom. The highest BCUT2D eigenvalue weighted by Crippen LogP contribution is 2.29. The first-order chi connectivity index (χ1) is 7.25. The van der Waals surface area contributed by atoms with Crippen molar-refractivity contribution in [1.82, 2.24) is 10.2 Å². The second-order valence-electron chi connectivity index (χ2n) is 5.72. The first-order valence-electron chi connectivity index (χ1n) is 6.66. The van der Waals surface area contributed by atoms with Crippen molar-refractivity contribution in [1.29, 1.82) is 0 Å². The van der Waals surface area contributed by atoms with E-state index in [0.717, 1.165) is 17.9 Å². The molecule has 1 aliphatic heterocycles. The van der Waals surface area contributed by atoms with Gasteiger partial charge in [0.1, 0.15) is 0 Å². The summed E-state index contributed by atoms with van der Waals surface area (Å²) in [4.78, 5) is 2.60. The average molecular weight is 247 g/mol. The molecule has 2 nitrogen and oxygen atoms in total. The number of nitrogens with one attached hydrogen (secondary N) is 1. The fourth-order valence-electron chi connectivity index (χ4n) is 3.30. The van der Waals surface area contributed by atoms with Gasteiger partial charge in [-0.15, -0.1) is 12.4 Å². The lowest BCUT2D eigenvalue weighted by Gasteiger charge is -2.32. The Bertz CT molecular complexity index is 192. The van der Waals surface area contributed by atoms with Crippen LogP contribution in [0.1, 0.15) is 39.0 Å². The van der Waals surface area contributed by atoms with Crippen LogP contribution in [0.4, 0.5) is 0 Å². The molecule has 0 aromatic carbocycles. The molecule has 0 amide bonds. The standard InChI is InChI=1S/C13H26N2.ClH/c1-11-4-3-5-12(8-11)10-15(2)13-6-7-14-9-13;/h11-14H,3-10H2,1-2H3;1H. The van der Waals surface area contributed by atoms with Gasteiger partial charge in [-0.25, -0.2) is 0 Å². The molecule has 1 N–H and O–H groups in total. The van der Waals surface area contributed by atoms with E-state index >= 15 is 0 Å². The first-order valence-corrected chi connectivity index (χ1v) is 6.66. The zero-order valence-electron chi connectivity index (χ0n) is 10.7. The van der Waals surface area contributed by atoms with E-state index in [-0.39, 0.29) is 12.4 Å². The molecule has 0 aromatic rings. The highest BCUT2D eigenvalue weighted by atomic mass is 35.5. The lowest BCUT2D eigenvalue weighted by molar-refractivity contribution is 0.171. The topological polar surface area (TPSA) is 15.3 Å². The van der Waals surface area contributed by atoms with Crippen molar-refractivity contribution in [2.45, 2.75) is 45.1 Å². The van der Waals surface area contributed by atoms with E-state index in [2.05, 4.69) is 24.2 Å². The van der Waals surface area contributed by atoms with Crippen molar-refractivity contribution < 1.29 is 0 Å². The zero-order chi connectivity index (χ0) is 10.7. The lowest BCUT2D eigenvalue weighted by atomic mass is 9.82. The third-order valence-electron chi connectivity index (χ3n) is 4.25. The first kappa shape index (κ1) is 14.3. The van der Waals surface area contributed by atoms with Gasteiger partial charge in [-0.1, -0.05) is 19.8 Å². The van der Waals surface area contributed by atoms with Crippen LogP contribution < -0.4 is 5.32 Å². The van der Waals surface area contributed by atoms with Crippen molar-refractivity contribution in [3.8, 4) is 0 Å². The van der Waals surface area contributed by atoms with Gasteiger partial charge in [-0.05, 0) is 44.7 Å². The predicted octanol–water partition coefficient (Wildman–Crippen LogP) is 2.53. The zero-order valence-corrected chi connectivity index (χ0v) is 11.6. The highest BCUT2D eigenvalue weighted by Gasteiger charge is 2.24. The number of hydrogen-bond donors (Lipinski definition) is 1. The Kier molecular flexibility index (Phi) is 6.09. The average Bonchev–Trinajstić information content (AvgIpc) is 2.70. The van der Waals surface area contributed by atoms with Crippen molar-refractivity contribution in [3.63, 3.8) is 0 Å². The van der Waals surface area contributed by atoms with Crippen molar-refractivity contribution >= 4 is 12.4 Å². The Hall–Kier alpha value is 0.210. The molecule has 3 heteroatoms. The monoisotopic (exact) mass is 246 g/mol. The van der Waals surface area contributed by atoms with Crippen LogP contribution in [0.15, 0.2) is 0 Å². The number of rotatable bonds is 3. The summed E-state index contributed by atoms with van der Waals surface area (Å²) in [7, 11) is 2.32. The van der Waals surface area contributed by atoms with Crippen molar-refractivity contribution in [2.24, 2.45) is 11.8 Å². The summed E-state index contributed by atoms with van der Waals surface area (Å²) < 4.78 is 0. The van der Waals surface area contributed by atoms with Gasteiger partial charge >= 0.3 is 0 Å². The van der Waals surface area contributed by atoms with Gasteiger partial charge in [0.15, 0.2) is 0 Å².